The van der Waals surface area contributed by atoms with Gasteiger partial charge in [-0.15, -0.1) is 0 Å². The van der Waals surface area contributed by atoms with Crippen LogP contribution in [0.15, 0.2) is 84.9 Å². The van der Waals surface area contributed by atoms with Gasteiger partial charge in [0.1, 0.15) is 0 Å². The van der Waals surface area contributed by atoms with Gasteiger partial charge in [0, 0.05) is 21.4 Å². The van der Waals surface area contributed by atoms with Crippen molar-refractivity contribution in [3.8, 4) is 0 Å². The number of rotatable bonds is 6. The van der Waals surface area contributed by atoms with Gasteiger partial charge in [0.15, 0.2) is 0 Å². The van der Waals surface area contributed by atoms with Crippen LogP contribution in [0, 0.1) is 0 Å². The van der Waals surface area contributed by atoms with E-state index in [0.29, 0.717) is 49.0 Å². The third-order valence-electron chi connectivity index (χ3n) is 5.18. The largest absolute Gasteiger partial charge is 0.322 e. The topological polar surface area (TPSA) is 58.2 Å². The van der Waals surface area contributed by atoms with Crippen LogP contribution in [0.3, 0.4) is 0 Å². The van der Waals surface area contributed by atoms with Crippen LogP contribution in [0.4, 0.5) is 11.4 Å². The molecule has 4 aromatic carbocycles. The van der Waals surface area contributed by atoms with E-state index in [1.807, 2.05) is 48.5 Å². The fraction of sp³-hybridized carbons (Fsp3) is 0.0370. The normalized spacial score (nSPS) is 10.6. The lowest BCUT2D eigenvalue weighted by Crippen LogP contribution is -2.12. The van der Waals surface area contributed by atoms with Crippen LogP contribution >= 0.6 is 46.4 Å². The van der Waals surface area contributed by atoms with E-state index < -0.39 is 0 Å². The number of anilines is 2. The minimum absolute atomic E-state index is 0.294. The van der Waals surface area contributed by atoms with E-state index in [0.717, 1.165) is 11.1 Å². The zero-order valence-corrected chi connectivity index (χ0v) is 21.1. The van der Waals surface area contributed by atoms with Crippen molar-refractivity contribution in [2.45, 2.75) is 6.42 Å². The smallest absolute Gasteiger partial charge is 0.257 e. The van der Waals surface area contributed by atoms with Crippen molar-refractivity contribution in [1.82, 2.24) is 0 Å². The number of hydrogen-bond donors (Lipinski definition) is 2. The number of carbonyl (C=O) groups excluding carboxylic acids is 2. The number of amides is 2. The van der Waals surface area contributed by atoms with Gasteiger partial charge in [-0.1, -0.05) is 70.7 Å². The summed E-state index contributed by atoms with van der Waals surface area (Å²) in [7, 11) is 0. The molecule has 2 N–H and O–H groups in total. The molecule has 0 radical (unpaired) electrons. The summed E-state index contributed by atoms with van der Waals surface area (Å²) in [4.78, 5) is 24.9. The molecule has 8 heteroatoms. The Bertz CT molecular complexity index is 1280. The summed E-state index contributed by atoms with van der Waals surface area (Å²) in [5.74, 6) is -0.617. The first kappa shape index (κ1) is 25.1. The van der Waals surface area contributed by atoms with E-state index in [1.54, 1.807) is 24.3 Å². The van der Waals surface area contributed by atoms with Crippen LogP contribution in [-0.2, 0) is 6.42 Å². The van der Waals surface area contributed by atoms with Crippen LogP contribution in [0.5, 0.6) is 0 Å². The molecular weight excluding hydrogens is 526 g/mol. The van der Waals surface area contributed by atoms with Gasteiger partial charge in [0.2, 0.25) is 0 Å². The van der Waals surface area contributed by atoms with Gasteiger partial charge in [0.25, 0.3) is 11.8 Å². The van der Waals surface area contributed by atoms with Crippen molar-refractivity contribution in [3.05, 3.63) is 127 Å². The Balaban J connectivity index is 1.35. The Labute approximate surface area is 222 Å². The van der Waals surface area contributed by atoms with Gasteiger partial charge in [-0.2, -0.15) is 0 Å². The standard InChI is InChI=1S/C27H18Cl4N2O2/c28-18-5-11-22(24(30)14-18)26(34)32-20-7-1-16(2-8-20)13-17-3-9-21(10-4-17)33-27(35)23-12-6-19(29)15-25(23)31/h1-12,14-15H,13H2,(H,32,34)(H,33,35). The summed E-state index contributed by atoms with van der Waals surface area (Å²) in [5, 5.41) is 7.19. The van der Waals surface area contributed by atoms with Gasteiger partial charge >= 0.3 is 0 Å². The van der Waals surface area contributed by atoms with E-state index in [1.165, 1.54) is 12.1 Å². The number of nitrogens with one attached hydrogen (secondary N) is 2. The second-order valence-electron chi connectivity index (χ2n) is 7.73. The molecule has 0 saturated carbocycles. The molecule has 0 unspecified atom stereocenters. The van der Waals surface area contributed by atoms with E-state index in [-0.39, 0.29) is 11.8 Å². The Morgan fingerprint density at radius 2 is 0.914 bits per heavy atom. The second-order valence-corrected chi connectivity index (χ2v) is 9.41. The van der Waals surface area contributed by atoms with Crippen molar-refractivity contribution in [3.63, 3.8) is 0 Å². The third kappa shape index (κ3) is 6.56. The zero-order valence-electron chi connectivity index (χ0n) is 18.1. The summed E-state index contributed by atoms with van der Waals surface area (Å²) in [6, 6.07) is 24.6. The molecule has 0 aliphatic carbocycles. The maximum Gasteiger partial charge on any atom is 0.257 e. The summed E-state index contributed by atoms with van der Waals surface area (Å²) < 4.78 is 0. The van der Waals surface area contributed by atoms with E-state index in [2.05, 4.69) is 10.6 Å². The van der Waals surface area contributed by atoms with E-state index in [9.17, 15) is 9.59 Å². The summed E-state index contributed by atoms with van der Waals surface area (Å²) in [6.07, 6.45) is 0.689. The molecule has 0 saturated heterocycles. The highest BCUT2D eigenvalue weighted by atomic mass is 35.5. The van der Waals surface area contributed by atoms with Gasteiger partial charge in [-0.05, 0) is 78.2 Å². The van der Waals surface area contributed by atoms with E-state index in [4.69, 9.17) is 46.4 Å². The average Bonchev–Trinajstić information content (AvgIpc) is 2.81. The molecule has 0 aromatic heterocycles. The van der Waals surface area contributed by atoms with Crippen LogP contribution in [0.25, 0.3) is 0 Å². The third-order valence-corrected chi connectivity index (χ3v) is 6.28. The number of benzene rings is 4. The Hall–Kier alpha value is -3.02. The quantitative estimate of drug-likeness (QED) is 0.256. The maximum atomic E-state index is 12.5. The van der Waals surface area contributed by atoms with Crippen LogP contribution in [0.2, 0.25) is 20.1 Å². The SMILES string of the molecule is O=C(Nc1ccc(Cc2ccc(NC(=O)c3ccc(Cl)cc3Cl)cc2)cc1)c1ccc(Cl)cc1Cl. The maximum absolute atomic E-state index is 12.5. The first-order chi connectivity index (χ1) is 16.8. The zero-order chi connectivity index (χ0) is 24.9. The lowest BCUT2D eigenvalue weighted by atomic mass is 10.0. The highest BCUT2D eigenvalue weighted by molar-refractivity contribution is 6.37. The molecule has 4 rings (SSSR count). The van der Waals surface area contributed by atoms with Gasteiger partial charge in [0.05, 0.1) is 21.2 Å². The first-order valence-corrected chi connectivity index (χ1v) is 12.0. The first-order valence-electron chi connectivity index (χ1n) is 10.5. The molecule has 4 aromatic rings. The Morgan fingerprint density at radius 3 is 1.26 bits per heavy atom. The molecule has 0 spiro atoms. The molecule has 2 amide bonds. The molecule has 0 heterocycles. The highest BCUT2D eigenvalue weighted by Gasteiger charge is 2.12. The van der Waals surface area contributed by atoms with Crippen molar-refractivity contribution < 1.29 is 9.59 Å². The highest BCUT2D eigenvalue weighted by Crippen LogP contribution is 2.24. The second kappa shape index (κ2) is 11.1. The van der Waals surface area contributed by atoms with Crippen molar-refractivity contribution in [2.75, 3.05) is 10.6 Å². The lowest BCUT2D eigenvalue weighted by Gasteiger charge is -2.09. The predicted molar refractivity (Wildman–Crippen MR) is 145 cm³/mol. The number of hydrogen-bond acceptors (Lipinski definition) is 2. The fourth-order valence-corrected chi connectivity index (χ4v) is 4.38. The van der Waals surface area contributed by atoms with Crippen LogP contribution < -0.4 is 10.6 Å². The summed E-state index contributed by atoms with van der Waals surface area (Å²) in [6.45, 7) is 0. The molecule has 0 aliphatic rings. The van der Waals surface area contributed by atoms with E-state index >= 15 is 0 Å². The average molecular weight is 544 g/mol. The van der Waals surface area contributed by atoms with Crippen molar-refractivity contribution >= 4 is 69.6 Å². The molecule has 4 nitrogen and oxygen atoms in total. The molecule has 0 fully saturated rings. The van der Waals surface area contributed by atoms with Crippen LogP contribution in [0.1, 0.15) is 31.8 Å². The van der Waals surface area contributed by atoms with Gasteiger partial charge in [-0.3, -0.25) is 9.59 Å². The monoisotopic (exact) mass is 542 g/mol. The predicted octanol–water partition coefficient (Wildman–Crippen LogP) is 8.40. The molecule has 35 heavy (non-hydrogen) atoms. The Kier molecular flexibility index (Phi) is 7.99. The van der Waals surface area contributed by atoms with Gasteiger partial charge in [-0.25, -0.2) is 0 Å². The minimum atomic E-state index is -0.308. The van der Waals surface area contributed by atoms with Crippen LogP contribution in [-0.4, -0.2) is 11.8 Å². The summed E-state index contributed by atoms with van der Waals surface area (Å²) >= 11 is 24.0. The molecule has 0 bridgehead atoms. The van der Waals surface area contributed by atoms with Crippen molar-refractivity contribution in [1.29, 1.82) is 0 Å². The minimum Gasteiger partial charge on any atom is -0.322 e. The van der Waals surface area contributed by atoms with Crippen molar-refractivity contribution in [2.24, 2.45) is 0 Å². The summed E-state index contributed by atoms with van der Waals surface area (Å²) in [5.41, 5.74) is 4.15. The lowest BCUT2D eigenvalue weighted by molar-refractivity contribution is 0.101. The number of halogens is 4. The molecular formula is C27H18Cl4N2O2. The van der Waals surface area contributed by atoms with Gasteiger partial charge < -0.3 is 10.6 Å². The molecule has 0 atom stereocenters. The number of carbonyl (C=O) groups is 2. The fourth-order valence-electron chi connectivity index (χ4n) is 3.39. The Morgan fingerprint density at radius 1 is 0.543 bits per heavy atom. The molecule has 0 aliphatic heterocycles. The molecule has 176 valence electrons.